The zero-order chi connectivity index (χ0) is 9.84. The number of hydrazine groups is 1. The molecule has 1 heterocycles. The van der Waals surface area contributed by atoms with Crippen molar-refractivity contribution in [3.63, 3.8) is 0 Å². The Labute approximate surface area is 82.7 Å². The topological polar surface area (TPSA) is 50.9 Å². The van der Waals surface area contributed by atoms with Crippen molar-refractivity contribution in [3.8, 4) is 0 Å². The summed E-state index contributed by atoms with van der Waals surface area (Å²) in [5.74, 6) is 5.47. The minimum absolute atomic E-state index is 0.157. The van der Waals surface area contributed by atoms with Gasteiger partial charge in [-0.3, -0.25) is 11.3 Å². The first-order valence-corrected chi connectivity index (χ1v) is 5.03. The maximum Gasteiger partial charge on any atom is 0.0798 e. The molecular weight excluding hydrogens is 182 g/mol. The number of nitrogens with one attached hydrogen (secondary N) is 1. The van der Waals surface area contributed by atoms with Crippen LogP contribution in [0.4, 0.5) is 0 Å². The maximum absolute atomic E-state index is 5.47. The first-order chi connectivity index (χ1) is 6.15. The normalized spacial score (nSPS) is 12.8. The van der Waals surface area contributed by atoms with Crippen LogP contribution in [0.3, 0.4) is 0 Å². The predicted molar refractivity (Wildman–Crippen MR) is 56.3 cm³/mol. The molecule has 3 N–H and O–H groups in total. The highest BCUT2D eigenvalue weighted by atomic mass is 32.1. The highest BCUT2D eigenvalue weighted by Gasteiger charge is 2.14. The molecule has 4 heteroatoms. The summed E-state index contributed by atoms with van der Waals surface area (Å²) in [5.41, 5.74) is 6.80. The van der Waals surface area contributed by atoms with Crippen LogP contribution in [-0.2, 0) is 0 Å². The quantitative estimate of drug-likeness (QED) is 0.440. The third-order valence-corrected chi connectivity index (χ3v) is 2.90. The molecule has 0 aliphatic rings. The fraction of sp³-hybridized carbons (Fsp3) is 0.444. The summed E-state index contributed by atoms with van der Waals surface area (Å²) in [4.78, 5) is 5.39. The van der Waals surface area contributed by atoms with E-state index in [2.05, 4.69) is 17.0 Å². The molecule has 1 atom stereocenters. The second-order valence-electron chi connectivity index (χ2n) is 3.18. The molecule has 0 bridgehead atoms. The number of nitrogens with two attached hydrogens (primary N) is 1. The third-order valence-electron chi connectivity index (χ3n) is 1.85. The van der Waals surface area contributed by atoms with E-state index in [0.29, 0.717) is 0 Å². The van der Waals surface area contributed by atoms with Gasteiger partial charge in [0, 0.05) is 4.88 Å². The van der Waals surface area contributed by atoms with Crippen LogP contribution in [0.2, 0.25) is 0 Å². The van der Waals surface area contributed by atoms with Crippen LogP contribution < -0.4 is 11.3 Å². The first-order valence-electron chi connectivity index (χ1n) is 4.15. The van der Waals surface area contributed by atoms with Gasteiger partial charge in [-0.05, 0) is 20.3 Å². The first kappa shape index (κ1) is 10.4. The number of rotatable bonds is 4. The van der Waals surface area contributed by atoms with Crippen LogP contribution in [0.25, 0.3) is 0 Å². The molecule has 0 saturated carbocycles. The van der Waals surface area contributed by atoms with Gasteiger partial charge in [0.1, 0.15) is 0 Å². The third kappa shape index (κ3) is 2.62. The lowest BCUT2D eigenvalue weighted by molar-refractivity contribution is 0.555. The van der Waals surface area contributed by atoms with E-state index in [0.717, 1.165) is 17.7 Å². The van der Waals surface area contributed by atoms with E-state index < -0.39 is 0 Å². The van der Waals surface area contributed by atoms with Crippen LogP contribution in [0.5, 0.6) is 0 Å². The van der Waals surface area contributed by atoms with E-state index in [1.807, 2.05) is 19.4 Å². The zero-order valence-corrected chi connectivity index (χ0v) is 8.82. The molecule has 72 valence electrons. The van der Waals surface area contributed by atoms with E-state index in [1.165, 1.54) is 4.88 Å². The summed E-state index contributed by atoms with van der Waals surface area (Å²) in [6, 6.07) is 0.157. The minimum Gasteiger partial charge on any atom is -0.271 e. The van der Waals surface area contributed by atoms with Crippen LogP contribution in [0.1, 0.15) is 30.0 Å². The molecule has 0 saturated heterocycles. The molecule has 0 aliphatic carbocycles. The van der Waals surface area contributed by atoms with Crippen LogP contribution in [0, 0.1) is 6.92 Å². The summed E-state index contributed by atoms with van der Waals surface area (Å²) in [5, 5.41) is 0. The van der Waals surface area contributed by atoms with Crippen molar-refractivity contribution < 1.29 is 0 Å². The van der Waals surface area contributed by atoms with Crippen molar-refractivity contribution in [1.82, 2.24) is 10.4 Å². The van der Waals surface area contributed by atoms with Crippen molar-refractivity contribution in [2.24, 2.45) is 5.84 Å². The van der Waals surface area contributed by atoms with Gasteiger partial charge >= 0.3 is 0 Å². The lowest BCUT2D eigenvalue weighted by Gasteiger charge is -2.14. The van der Waals surface area contributed by atoms with Gasteiger partial charge in [0.25, 0.3) is 0 Å². The Morgan fingerprint density at radius 3 is 2.92 bits per heavy atom. The smallest absolute Gasteiger partial charge is 0.0798 e. The largest absolute Gasteiger partial charge is 0.271 e. The molecule has 0 amide bonds. The Bertz CT molecular complexity index is 293. The van der Waals surface area contributed by atoms with Crippen molar-refractivity contribution >= 4 is 11.3 Å². The molecule has 0 aromatic carbocycles. The molecule has 1 aromatic heterocycles. The van der Waals surface area contributed by atoms with Gasteiger partial charge in [-0.15, -0.1) is 17.9 Å². The Balaban J connectivity index is 2.78. The van der Waals surface area contributed by atoms with Gasteiger partial charge in [0.05, 0.1) is 17.2 Å². The highest BCUT2D eigenvalue weighted by molar-refractivity contribution is 7.09. The Morgan fingerprint density at radius 2 is 2.54 bits per heavy atom. The summed E-state index contributed by atoms with van der Waals surface area (Å²) in [6.07, 6.45) is 0.861. The fourth-order valence-electron chi connectivity index (χ4n) is 1.22. The number of aromatic nitrogens is 1. The van der Waals surface area contributed by atoms with Crippen molar-refractivity contribution in [2.45, 2.75) is 26.3 Å². The molecule has 0 fully saturated rings. The van der Waals surface area contributed by atoms with Gasteiger partial charge in [-0.1, -0.05) is 5.57 Å². The van der Waals surface area contributed by atoms with Crippen molar-refractivity contribution in [3.05, 3.63) is 28.2 Å². The molecule has 1 unspecified atom stereocenters. The monoisotopic (exact) mass is 197 g/mol. The summed E-state index contributed by atoms with van der Waals surface area (Å²) in [7, 11) is 0. The summed E-state index contributed by atoms with van der Waals surface area (Å²) >= 11 is 1.63. The highest BCUT2D eigenvalue weighted by Crippen LogP contribution is 2.25. The lowest BCUT2D eigenvalue weighted by atomic mass is 10.1. The summed E-state index contributed by atoms with van der Waals surface area (Å²) in [6.45, 7) is 7.87. The van der Waals surface area contributed by atoms with Crippen LogP contribution >= 0.6 is 11.3 Å². The van der Waals surface area contributed by atoms with Gasteiger partial charge in [-0.2, -0.15) is 0 Å². The van der Waals surface area contributed by atoms with Crippen molar-refractivity contribution in [2.75, 3.05) is 0 Å². The van der Waals surface area contributed by atoms with E-state index in [9.17, 15) is 0 Å². The van der Waals surface area contributed by atoms with Crippen LogP contribution in [0.15, 0.2) is 17.7 Å². The molecule has 1 rings (SSSR count). The Hall–Kier alpha value is -0.710. The molecule has 1 aromatic rings. The SMILES string of the molecule is C=C(C)CC(NN)c1scnc1C. The fourth-order valence-corrected chi connectivity index (χ4v) is 2.08. The van der Waals surface area contributed by atoms with Crippen LogP contribution in [-0.4, -0.2) is 4.98 Å². The summed E-state index contributed by atoms with van der Waals surface area (Å²) < 4.78 is 0. The Morgan fingerprint density at radius 1 is 1.85 bits per heavy atom. The maximum atomic E-state index is 5.47. The zero-order valence-electron chi connectivity index (χ0n) is 8.00. The number of thiazole rings is 1. The molecule has 0 radical (unpaired) electrons. The van der Waals surface area contributed by atoms with Gasteiger partial charge in [0.15, 0.2) is 0 Å². The Kier molecular flexibility index (Phi) is 3.59. The molecular formula is C9H15N3S. The average molecular weight is 197 g/mol. The molecule has 3 nitrogen and oxygen atoms in total. The number of nitrogens with zero attached hydrogens (tertiary/aromatic N) is 1. The number of hydrogen-bond donors (Lipinski definition) is 2. The van der Waals surface area contributed by atoms with E-state index >= 15 is 0 Å². The van der Waals surface area contributed by atoms with Gasteiger partial charge < -0.3 is 0 Å². The van der Waals surface area contributed by atoms with Gasteiger partial charge in [0.2, 0.25) is 0 Å². The second kappa shape index (κ2) is 4.50. The average Bonchev–Trinajstić information content (AvgIpc) is 2.47. The lowest BCUT2D eigenvalue weighted by Crippen LogP contribution is -2.28. The van der Waals surface area contributed by atoms with Gasteiger partial charge in [-0.25, -0.2) is 4.98 Å². The molecule has 0 spiro atoms. The van der Waals surface area contributed by atoms with E-state index in [4.69, 9.17) is 5.84 Å². The van der Waals surface area contributed by atoms with E-state index in [-0.39, 0.29) is 6.04 Å². The van der Waals surface area contributed by atoms with E-state index in [1.54, 1.807) is 11.3 Å². The molecule has 13 heavy (non-hydrogen) atoms. The second-order valence-corrected chi connectivity index (χ2v) is 4.07. The molecule has 0 aliphatic heterocycles. The minimum atomic E-state index is 0.157. The number of aryl methyl sites for hydroxylation is 1. The van der Waals surface area contributed by atoms with Crippen molar-refractivity contribution in [1.29, 1.82) is 0 Å². The predicted octanol–water partition coefficient (Wildman–Crippen LogP) is 1.92. The standard InChI is InChI=1S/C9H15N3S/c1-6(2)4-8(12-10)9-7(3)11-5-13-9/h5,8,12H,1,4,10H2,2-3H3. The number of hydrogen-bond acceptors (Lipinski definition) is 4.